The summed E-state index contributed by atoms with van der Waals surface area (Å²) in [6.07, 6.45) is 6.50. The highest BCUT2D eigenvalue weighted by atomic mass is 32.2. The Hall–Kier alpha value is -0.770. The normalized spacial score (nSPS) is 15.3. The molecule has 3 nitrogen and oxygen atoms in total. The van der Waals surface area contributed by atoms with E-state index in [-0.39, 0.29) is 5.69 Å². The molecule has 0 saturated heterocycles. The number of rotatable bonds is 1. The van der Waals surface area contributed by atoms with E-state index in [1.807, 2.05) is 13.3 Å². The van der Waals surface area contributed by atoms with Crippen LogP contribution in [0, 0.1) is 0 Å². The lowest BCUT2D eigenvalue weighted by atomic mass is 9.97. The van der Waals surface area contributed by atoms with Gasteiger partial charge in [-0.15, -0.1) is 11.8 Å². The maximum absolute atomic E-state index is 11.5. The van der Waals surface area contributed by atoms with Crippen molar-refractivity contribution in [3.63, 3.8) is 0 Å². The topological polar surface area (TPSA) is 34.9 Å². The van der Waals surface area contributed by atoms with Gasteiger partial charge >= 0.3 is 5.69 Å². The van der Waals surface area contributed by atoms with E-state index in [1.165, 1.54) is 24.1 Å². The van der Waals surface area contributed by atoms with Crippen molar-refractivity contribution < 1.29 is 0 Å². The molecule has 0 fully saturated rings. The lowest BCUT2D eigenvalue weighted by Crippen LogP contribution is -2.27. The molecule has 76 valence electrons. The molecule has 0 aliphatic heterocycles. The van der Waals surface area contributed by atoms with E-state index in [0.717, 1.165) is 17.9 Å². The number of nitrogens with zero attached hydrogens (tertiary/aromatic N) is 2. The summed E-state index contributed by atoms with van der Waals surface area (Å²) < 4.78 is 1.70. The fourth-order valence-corrected chi connectivity index (χ4v) is 2.64. The summed E-state index contributed by atoms with van der Waals surface area (Å²) in [6, 6.07) is 0. The molecule has 0 unspecified atom stereocenters. The van der Waals surface area contributed by atoms with Crippen molar-refractivity contribution in [1.82, 2.24) is 9.55 Å². The summed E-state index contributed by atoms with van der Waals surface area (Å²) >= 11 is 1.58. The van der Waals surface area contributed by atoms with E-state index in [0.29, 0.717) is 0 Å². The van der Waals surface area contributed by atoms with Gasteiger partial charge in [0.05, 0.1) is 0 Å². The summed E-state index contributed by atoms with van der Waals surface area (Å²) in [5.41, 5.74) is 2.38. The molecule has 0 spiro atoms. The van der Waals surface area contributed by atoms with Gasteiger partial charge in [-0.05, 0) is 31.9 Å². The second-order valence-corrected chi connectivity index (χ2v) is 4.39. The fraction of sp³-hybridized carbons (Fsp3) is 0.600. The Morgan fingerprint density at radius 3 is 2.79 bits per heavy atom. The minimum Gasteiger partial charge on any atom is -0.299 e. The quantitative estimate of drug-likeness (QED) is 0.519. The van der Waals surface area contributed by atoms with Gasteiger partial charge in [0.25, 0.3) is 0 Å². The third-order valence-corrected chi connectivity index (χ3v) is 3.50. The van der Waals surface area contributed by atoms with Gasteiger partial charge < -0.3 is 0 Å². The van der Waals surface area contributed by atoms with Crippen LogP contribution < -0.4 is 5.69 Å². The van der Waals surface area contributed by atoms with E-state index in [4.69, 9.17) is 0 Å². The average Bonchev–Trinajstić information content (AvgIpc) is 2.23. The van der Waals surface area contributed by atoms with Crippen molar-refractivity contribution in [2.75, 3.05) is 6.26 Å². The molecule has 2 rings (SSSR count). The first-order valence-corrected chi connectivity index (χ1v) is 6.09. The van der Waals surface area contributed by atoms with Gasteiger partial charge in [-0.25, -0.2) is 4.79 Å². The molecule has 4 heteroatoms. The summed E-state index contributed by atoms with van der Waals surface area (Å²) in [4.78, 5) is 15.6. The Morgan fingerprint density at radius 1 is 1.36 bits per heavy atom. The lowest BCUT2D eigenvalue weighted by Gasteiger charge is -2.19. The van der Waals surface area contributed by atoms with Crippen LogP contribution in [0.2, 0.25) is 0 Å². The summed E-state index contributed by atoms with van der Waals surface area (Å²) in [6.45, 7) is 0. The van der Waals surface area contributed by atoms with Crippen LogP contribution in [-0.2, 0) is 19.9 Å². The molecular weight excluding hydrogens is 196 g/mol. The van der Waals surface area contributed by atoms with Gasteiger partial charge in [0.15, 0.2) is 0 Å². The Bertz CT molecular complexity index is 411. The molecule has 1 aromatic rings. The van der Waals surface area contributed by atoms with Crippen molar-refractivity contribution in [3.05, 3.63) is 21.7 Å². The standard InChI is InChI=1S/C10H14N2OS/c1-12-8-6-4-3-5-7(8)9(14-2)11-10(12)13/h3-6H2,1-2H3. The Kier molecular flexibility index (Phi) is 2.63. The van der Waals surface area contributed by atoms with Gasteiger partial charge in [0.2, 0.25) is 0 Å². The van der Waals surface area contributed by atoms with Gasteiger partial charge in [-0.3, -0.25) is 4.57 Å². The first-order valence-electron chi connectivity index (χ1n) is 4.87. The van der Waals surface area contributed by atoms with Crippen LogP contribution in [0.1, 0.15) is 24.1 Å². The highest BCUT2D eigenvalue weighted by molar-refractivity contribution is 7.98. The van der Waals surface area contributed by atoms with Crippen molar-refractivity contribution in [1.29, 1.82) is 0 Å². The SMILES string of the molecule is CSc1nc(=O)n(C)c2c1CCCC2. The van der Waals surface area contributed by atoms with Crippen LogP contribution in [0.3, 0.4) is 0 Å². The van der Waals surface area contributed by atoms with E-state index in [1.54, 1.807) is 16.3 Å². The third kappa shape index (κ3) is 1.47. The van der Waals surface area contributed by atoms with Crippen LogP contribution >= 0.6 is 11.8 Å². The monoisotopic (exact) mass is 210 g/mol. The molecule has 1 aliphatic carbocycles. The number of hydrogen-bond donors (Lipinski definition) is 0. The molecule has 0 aromatic carbocycles. The number of hydrogen-bond acceptors (Lipinski definition) is 3. The summed E-state index contributed by atoms with van der Waals surface area (Å²) in [5.74, 6) is 0. The van der Waals surface area contributed by atoms with Gasteiger partial charge in [-0.2, -0.15) is 4.98 Å². The molecular formula is C10H14N2OS. The average molecular weight is 210 g/mol. The van der Waals surface area contributed by atoms with E-state index in [2.05, 4.69) is 4.98 Å². The largest absolute Gasteiger partial charge is 0.348 e. The first-order chi connectivity index (χ1) is 6.74. The Labute approximate surface area is 87.5 Å². The first kappa shape index (κ1) is 9.77. The second-order valence-electron chi connectivity index (χ2n) is 3.60. The zero-order chi connectivity index (χ0) is 10.1. The predicted molar refractivity (Wildman–Crippen MR) is 57.9 cm³/mol. The van der Waals surface area contributed by atoms with Gasteiger partial charge in [0.1, 0.15) is 5.03 Å². The molecule has 1 aromatic heterocycles. The second kappa shape index (κ2) is 3.77. The maximum Gasteiger partial charge on any atom is 0.348 e. The van der Waals surface area contributed by atoms with Crippen molar-refractivity contribution >= 4 is 11.8 Å². The van der Waals surface area contributed by atoms with Crippen LogP contribution in [0.5, 0.6) is 0 Å². The molecule has 0 bridgehead atoms. The zero-order valence-electron chi connectivity index (χ0n) is 8.54. The molecule has 0 radical (unpaired) electrons. The molecule has 0 N–H and O–H groups in total. The molecule has 14 heavy (non-hydrogen) atoms. The maximum atomic E-state index is 11.5. The van der Waals surface area contributed by atoms with E-state index < -0.39 is 0 Å². The van der Waals surface area contributed by atoms with Gasteiger partial charge in [0, 0.05) is 18.3 Å². The van der Waals surface area contributed by atoms with Crippen molar-refractivity contribution in [3.8, 4) is 0 Å². The smallest absolute Gasteiger partial charge is 0.299 e. The van der Waals surface area contributed by atoms with Crippen LogP contribution in [0.25, 0.3) is 0 Å². The zero-order valence-corrected chi connectivity index (χ0v) is 9.36. The minimum absolute atomic E-state index is 0.116. The van der Waals surface area contributed by atoms with Crippen LogP contribution in [0.4, 0.5) is 0 Å². The molecule has 0 atom stereocenters. The fourth-order valence-electron chi connectivity index (χ4n) is 2.00. The van der Waals surface area contributed by atoms with Gasteiger partial charge in [-0.1, -0.05) is 0 Å². The number of thioether (sulfide) groups is 1. The predicted octanol–water partition coefficient (Wildman–Crippen LogP) is 1.38. The highest BCUT2D eigenvalue weighted by Crippen LogP contribution is 2.26. The molecule has 1 aliphatic rings. The van der Waals surface area contributed by atoms with Crippen molar-refractivity contribution in [2.24, 2.45) is 7.05 Å². The third-order valence-electron chi connectivity index (χ3n) is 2.78. The highest BCUT2D eigenvalue weighted by Gasteiger charge is 2.17. The molecule has 0 amide bonds. The lowest BCUT2D eigenvalue weighted by molar-refractivity contribution is 0.591. The Balaban J connectivity index is 2.66. The van der Waals surface area contributed by atoms with E-state index >= 15 is 0 Å². The minimum atomic E-state index is -0.116. The van der Waals surface area contributed by atoms with E-state index in [9.17, 15) is 4.79 Å². The van der Waals surface area contributed by atoms with Crippen molar-refractivity contribution in [2.45, 2.75) is 30.7 Å². The Morgan fingerprint density at radius 2 is 2.07 bits per heavy atom. The van der Waals surface area contributed by atoms with Crippen LogP contribution in [-0.4, -0.2) is 15.8 Å². The summed E-state index contributed by atoms with van der Waals surface area (Å²) in [7, 11) is 1.82. The molecule has 1 heterocycles. The summed E-state index contributed by atoms with van der Waals surface area (Å²) in [5, 5.41) is 0.933. The van der Waals surface area contributed by atoms with Crippen LogP contribution in [0.15, 0.2) is 9.82 Å². The number of aromatic nitrogens is 2. The molecule has 0 saturated carbocycles. The number of fused-ring (bicyclic) bond motifs is 1.